The number of carbonyl (C=O) groups excluding carboxylic acids is 1. The van der Waals surface area contributed by atoms with Crippen molar-refractivity contribution in [2.45, 2.75) is 33.7 Å². The maximum atomic E-state index is 13.1. The largest absolute Gasteiger partial charge is 0.496 e. The van der Waals surface area contributed by atoms with Crippen LogP contribution in [0.4, 0.5) is 0 Å². The minimum absolute atomic E-state index is 0.182. The maximum Gasteiger partial charge on any atom is 0.331 e. The monoisotopic (exact) mass is 526 g/mol. The smallest absolute Gasteiger partial charge is 0.331 e. The van der Waals surface area contributed by atoms with Crippen LogP contribution in [0.3, 0.4) is 0 Å². The second-order valence-electron chi connectivity index (χ2n) is 8.96. The van der Waals surface area contributed by atoms with Crippen LogP contribution in [0.5, 0.6) is 5.75 Å². The van der Waals surface area contributed by atoms with Gasteiger partial charge in [0.2, 0.25) is 0 Å². The molecule has 7 heteroatoms. The molecule has 0 unspecified atom stereocenters. The van der Waals surface area contributed by atoms with E-state index in [9.17, 15) is 14.7 Å². The van der Waals surface area contributed by atoms with Crippen LogP contribution in [0.15, 0.2) is 72.3 Å². The minimum Gasteiger partial charge on any atom is -0.496 e. The van der Waals surface area contributed by atoms with Crippen LogP contribution < -0.4 is 10.1 Å². The van der Waals surface area contributed by atoms with Crippen LogP contribution in [0, 0.1) is 13.8 Å². The number of nitrogens with zero attached hydrogens (tertiary/aromatic N) is 1. The molecule has 0 radical (unpaired) electrons. The van der Waals surface area contributed by atoms with E-state index in [0.29, 0.717) is 28.3 Å². The van der Waals surface area contributed by atoms with Crippen LogP contribution in [0.25, 0.3) is 27.8 Å². The Morgan fingerprint density at radius 3 is 2.39 bits per heavy atom. The number of carboxylic acids is 1. The number of hydrogen-bond acceptors (Lipinski definition) is 5. The third kappa shape index (κ3) is 6.18. The first-order chi connectivity index (χ1) is 18.3. The number of aliphatic carboxylic acids is 1. The Hall–Kier alpha value is -4.23. The second kappa shape index (κ2) is 11.9. The van der Waals surface area contributed by atoms with Crippen molar-refractivity contribution in [2.24, 2.45) is 0 Å². The Morgan fingerprint density at radius 1 is 1.00 bits per heavy atom. The number of hydrogen-bond donors (Lipinski definition) is 2. The van der Waals surface area contributed by atoms with E-state index in [-0.39, 0.29) is 12.5 Å². The zero-order valence-electron chi connectivity index (χ0n) is 21.9. The lowest BCUT2D eigenvalue weighted by molar-refractivity contribution is -0.132. The first-order valence-electron chi connectivity index (χ1n) is 12.3. The first kappa shape index (κ1) is 26.8. The highest BCUT2D eigenvalue weighted by atomic mass is 32.1. The number of ether oxygens (including phenoxy) is 1. The average Bonchev–Trinajstić information content (AvgIpc) is 3.32. The Labute approximate surface area is 226 Å². The van der Waals surface area contributed by atoms with E-state index in [1.807, 2.05) is 87.5 Å². The molecule has 0 fully saturated rings. The molecular weight excluding hydrogens is 496 g/mol. The minimum atomic E-state index is -0.914. The number of rotatable bonds is 9. The van der Waals surface area contributed by atoms with E-state index in [2.05, 4.69) is 10.3 Å². The zero-order chi connectivity index (χ0) is 27.2. The van der Waals surface area contributed by atoms with Crippen LogP contribution >= 0.6 is 11.3 Å². The quantitative estimate of drug-likeness (QED) is 0.231. The fourth-order valence-corrected chi connectivity index (χ4v) is 5.09. The van der Waals surface area contributed by atoms with Gasteiger partial charge in [0.15, 0.2) is 0 Å². The highest BCUT2D eigenvalue weighted by molar-refractivity contribution is 7.17. The van der Waals surface area contributed by atoms with Gasteiger partial charge >= 0.3 is 5.97 Å². The lowest BCUT2D eigenvalue weighted by Crippen LogP contribution is -2.22. The van der Waals surface area contributed by atoms with Gasteiger partial charge in [0.1, 0.15) is 15.6 Å². The van der Waals surface area contributed by atoms with E-state index in [1.54, 1.807) is 13.2 Å². The summed E-state index contributed by atoms with van der Waals surface area (Å²) < 4.78 is 5.55. The summed E-state index contributed by atoms with van der Waals surface area (Å²) in [5.74, 6) is -0.424. The predicted octanol–water partition coefficient (Wildman–Crippen LogP) is 6.91. The number of amides is 1. The van der Waals surface area contributed by atoms with Gasteiger partial charge in [-0.2, -0.15) is 0 Å². The summed E-state index contributed by atoms with van der Waals surface area (Å²) in [6.07, 6.45) is 2.14. The van der Waals surface area contributed by atoms with Crippen molar-refractivity contribution in [1.82, 2.24) is 10.3 Å². The van der Waals surface area contributed by atoms with Gasteiger partial charge in [-0.1, -0.05) is 61.0 Å². The van der Waals surface area contributed by atoms with Crippen molar-refractivity contribution in [1.29, 1.82) is 0 Å². The van der Waals surface area contributed by atoms with Crippen molar-refractivity contribution >= 4 is 29.3 Å². The van der Waals surface area contributed by atoms with Gasteiger partial charge in [-0.15, -0.1) is 11.3 Å². The summed E-state index contributed by atoms with van der Waals surface area (Å²) in [4.78, 5) is 29.7. The van der Waals surface area contributed by atoms with E-state index in [1.165, 1.54) is 16.9 Å². The Bertz CT molecular complexity index is 1500. The molecular formula is C31H30N2O4S. The third-order valence-corrected chi connectivity index (χ3v) is 7.44. The molecule has 4 rings (SSSR count). The van der Waals surface area contributed by atoms with Crippen LogP contribution in [0.2, 0.25) is 0 Å². The number of aromatic nitrogens is 1. The summed E-state index contributed by atoms with van der Waals surface area (Å²) in [6.45, 7) is 5.99. The standard InChI is InChI=1S/C31H30N2O4S/c1-5-22(31(35)36)15-21-7-6-8-24(16-21)25-13-14-27(37-4)26(17-25)18-32-29(34)28-20(3)33-30(38-28)23-11-9-19(2)10-12-23/h6-17H,5,18H2,1-4H3,(H,32,34)(H,35,36)/b22-15+. The molecule has 0 saturated heterocycles. The Kier molecular flexibility index (Phi) is 8.38. The molecule has 0 aliphatic heterocycles. The molecule has 0 spiro atoms. The SMILES string of the molecule is CC/C(=C\c1cccc(-c2ccc(OC)c(CNC(=O)c3sc(-c4ccc(C)cc4)nc3C)c2)c1)C(=O)O. The van der Waals surface area contributed by atoms with Crippen LogP contribution in [-0.4, -0.2) is 29.1 Å². The van der Waals surface area contributed by atoms with Gasteiger partial charge in [0.25, 0.3) is 5.91 Å². The van der Waals surface area contributed by atoms with Crippen molar-refractivity contribution < 1.29 is 19.4 Å². The van der Waals surface area contributed by atoms with Gasteiger partial charge in [0.05, 0.1) is 12.8 Å². The van der Waals surface area contributed by atoms with E-state index in [0.717, 1.165) is 32.8 Å². The molecule has 0 aliphatic rings. The van der Waals surface area contributed by atoms with Crippen LogP contribution in [0.1, 0.15) is 45.4 Å². The number of thiazole rings is 1. The third-order valence-electron chi connectivity index (χ3n) is 6.24. The molecule has 1 heterocycles. The van der Waals surface area contributed by atoms with Crippen LogP contribution in [-0.2, 0) is 11.3 Å². The highest BCUT2D eigenvalue weighted by Gasteiger charge is 2.17. The maximum absolute atomic E-state index is 13.1. The molecule has 2 N–H and O–H groups in total. The first-order valence-corrected chi connectivity index (χ1v) is 13.1. The molecule has 0 atom stereocenters. The molecule has 6 nitrogen and oxygen atoms in total. The van der Waals surface area contributed by atoms with Gasteiger partial charge < -0.3 is 15.2 Å². The van der Waals surface area contributed by atoms with Gasteiger partial charge in [-0.25, -0.2) is 9.78 Å². The molecule has 1 amide bonds. The molecule has 0 saturated carbocycles. The highest BCUT2D eigenvalue weighted by Crippen LogP contribution is 2.30. The number of carbonyl (C=O) groups is 2. The summed E-state index contributed by atoms with van der Waals surface area (Å²) in [6, 6.07) is 21.6. The summed E-state index contributed by atoms with van der Waals surface area (Å²) in [7, 11) is 1.60. The van der Waals surface area contributed by atoms with Gasteiger partial charge in [-0.05, 0) is 61.2 Å². The van der Waals surface area contributed by atoms with Crippen molar-refractivity contribution in [3.63, 3.8) is 0 Å². The number of nitrogens with one attached hydrogen (secondary N) is 1. The molecule has 4 aromatic rings. The van der Waals surface area contributed by atoms with E-state index < -0.39 is 5.97 Å². The van der Waals surface area contributed by atoms with E-state index >= 15 is 0 Å². The van der Waals surface area contributed by atoms with Gasteiger partial charge in [0, 0.05) is 23.2 Å². The topological polar surface area (TPSA) is 88.5 Å². The lowest BCUT2D eigenvalue weighted by Gasteiger charge is -2.12. The molecule has 38 heavy (non-hydrogen) atoms. The van der Waals surface area contributed by atoms with E-state index in [4.69, 9.17) is 4.74 Å². The fraction of sp³-hybridized carbons (Fsp3) is 0.194. The number of benzene rings is 3. The predicted molar refractivity (Wildman–Crippen MR) is 153 cm³/mol. The number of methoxy groups -OCH3 is 1. The number of aryl methyl sites for hydroxylation is 2. The van der Waals surface area contributed by atoms with Crippen molar-refractivity contribution in [2.75, 3.05) is 7.11 Å². The Balaban J connectivity index is 1.55. The summed E-state index contributed by atoms with van der Waals surface area (Å²) >= 11 is 1.38. The molecule has 0 bridgehead atoms. The lowest BCUT2D eigenvalue weighted by atomic mass is 9.99. The summed E-state index contributed by atoms with van der Waals surface area (Å²) in [5, 5.41) is 13.2. The molecule has 0 aliphatic carbocycles. The average molecular weight is 527 g/mol. The second-order valence-corrected chi connectivity index (χ2v) is 9.96. The fourth-order valence-electron chi connectivity index (χ4n) is 4.10. The van der Waals surface area contributed by atoms with Crippen molar-refractivity contribution in [3.8, 4) is 27.4 Å². The van der Waals surface area contributed by atoms with Gasteiger partial charge in [-0.3, -0.25) is 4.79 Å². The van der Waals surface area contributed by atoms with Crippen molar-refractivity contribution in [3.05, 3.63) is 99.6 Å². The number of carboxylic acid groups (broad SMARTS) is 1. The zero-order valence-corrected chi connectivity index (χ0v) is 22.7. The molecule has 1 aromatic heterocycles. The summed E-state index contributed by atoms with van der Waals surface area (Å²) in [5.41, 5.74) is 6.74. The normalized spacial score (nSPS) is 11.3. The molecule has 194 valence electrons. The Morgan fingerprint density at radius 2 is 1.71 bits per heavy atom. The molecule has 3 aromatic carbocycles.